The Balaban J connectivity index is 2.24. The van der Waals surface area contributed by atoms with Crippen LogP contribution in [0.2, 0.25) is 0 Å². The lowest BCUT2D eigenvalue weighted by Crippen LogP contribution is -2.03. The summed E-state index contributed by atoms with van der Waals surface area (Å²) in [5.74, 6) is 3.00. The monoisotopic (exact) mass is 205 g/mol. The molecule has 5 heteroatoms. The minimum absolute atomic E-state index is 0.204. The molecule has 0 amide bonds. The van der Waals surface area contributed by atoms with E-state index in [2.05, 4.69) is 21.4 Å². The molecule has 0 saturated heterocycles. The second-order valence-electron chi connectivity index (χ2n) is 2.46. The quantitative estimate of drug-likeness (QED) is 0.470. The zero-order valence-electron chi connectivity index (χ0n) is 7.23. The van der Waals surface area contributed by atoms with Gasteiger partial charge >= 0.3 is 0 Å². The van der Waals surface area contributed by atoms with Gasteiger partial charge in [-0.2, -0.15) is 0 Å². The van der Waals surface area contributed by atoms with Crippen molar-refractivity contribution in [2.45, 2.75) is 0 Å². The predicted molar refractivity (Wildman–Crippen MR) is 55.8 cm³/mol. The van der Waals surface area contributed by atoms with Crippen LogP contribution in [0.15, 0.2) is 17.8 Å². The lowest BCUT2D eigenvalue weighted by atomic mass is 10.4. The van der Waals surface area contributed by atoms with Gasteiger partial charge in [-0.3, -0.25) is 4.84 Å². The van der Waals surface area contributed by atoms with Crippen molar-refractivity contribution in [2.75, 3.05) is 12.1 Å². The van der Waals surface area contributed by atoms with Crippen LogP contribution in [0, 0.1) is 12.3 Å². The molecule has 70 valence electrons. The predicted octanol–water partition coefficient (Wildman–Crippen LogP) is 1.67. The molecule has 0 saturated carbocycles. The second-order valence-corrected chi connectivity index (χ2v) is 3.35. The van der Waals surface area contributed by atoms with Crippen LogP contribution in [0.3, 0.4) is 0 Å². The summed E-state index contributed by atoms with van der Waals surface area (Å²) in [5, 5.41) is 2.89. The Morgan fingerprint density at radius 2 is 2.50 bits per heavy atom. The number of nitrogens with zero attached hydrogens (tertiary/aromatic N) is 2. The molecule has 0 unspecified atom stereocenters. The number of aromatic nitrogens is 2. The van der Waals surface area contributed by atoms with Crippen LogP contribution >= 0.6 is 11.3 Å². The Kier molecular flexibility index (Phi) is 2.58. The van der Waals surface area contributed by atoms with E-state index in [1.54, 1.807) is 11.3 Å². The van der Waals surface area contributed by atoms with Crippen LogP contribution in [0.4, 0.5) is 5.82 Å². The second kappa shape index (κ2) is 4.05. The first-order valence-electron chi connectivity index (χ1n) is 3.91. The molecule has 14 heavy (non-hydrogen) atoms. The standard InChI is InChI=1S/C9H7N3OS/c1-2-4-13-12-8-7-3-5-14-9(7)11-6-10-8/h1,3,5-6H,4H2,(H,10,11,12). The lowest BCUT2D eigenvalue weighted by Gasteiger charge is -2.03. The number of terminal acetylenes is 1. The maximum atomic E-state index is 5.04. The SMILES string of the molecule is C#CCONc1ncnc2sccc12. The number of hydrogen-bond acceptors (Lipinski definition) is 5. The van der Waals surface area contributed by atoms with Gasteiger partial charge in [0.15, 0.2) is 5.82 Å². The fourth-order valence-corrected chi connectivity index (χ4v) is 1.75. The smallest absolute Gasteiger partial charge is 0.161 e. The van der Waals surface area contributed by atoms with E-state index in [0.717, 1.165) is 10.2 Å². The van der Waals surface area contributed by atoms with Crippen molar-refractivity contribution < 1.29 is 4.84 Å². The molecule has 2 aromatic rings. The van der Waals surface area contributed by atoms with E-state index in [4.69, 9.17) is 11.3 Å². The molecule has 0 atom stereocenters. The summed E-state index contributed by atoms with van der Waals surface area (Å²) < 4.78 is 0. The van der Waals surface area contributed by atoms with E-state index in [-0.39, 0.29) is 6.61 Å². The third-order valence-electron chi connectivity index (χ3n) is 1.59. The molecule has 0 aliphatic rings. The summed E-state index contributed by atoms with van der Waals surface area (Å²) in [7, 11) is 0. The Hall–Kier alpha value is -1.64. The van der Waals surface area contributed by atoms with Gasteiger partial charge in [0.2, 0.25) is 0 Å². The molecule has 2 rings (SSSR count). The number of thiophene rings is 1. The van der Waals surface area contributed by atoms with Crippen molar-refractivity contribution in [3.05, 3.63) is 17.8 Å². The minimum Gasteiger partial charge on any atom is -0.262 e. The first-order valence-corrected chi connectivity index (χ1v) is 4.79. The van der Waals surface area contributed by atoms with Crippen LogP contribution in [-0.2, 0) is 4.84 Å². The fourth-order valence-electron chi connectivity index (χ4n) is 1.02. The minimum atomic E-state index is 0.204. The molecule has 0 aromatic carbocycles. The summed E-state index contributed by atoms with van der Waals surface area (Å²) >= 11 is 1.55. The average Bonchev–Trinajstić information content (AvgIpc) is 2.67. The Labute approximate surface area is 84.9 Å². The molecule has 0 bridgehead atoms. The van der Waals surface area contributed by atoms with Crippen LogP contribution in [0.5, 0.6) is 0 Å². The number of hydrogen-bond donors (Lipinski definition) is 1. The first kappa shape index (κ1) is 8.94. The highest BCUT2D eigenvalue weighted by atomic mass is 32.1. The van der Waals surface area contributed by atoms with E-state index in [0.29, 0.717) is 5.82 Å². The van der Waals surface area contributed by atoms with Crippen LogP contribution < -0.4 is 5.48 Å². The van der Waals surface area contributed by atoms with Gasteiger partial charge in [-0.25, -0.2) is 15.4 Å². The van der Waals surface area contributed by atoms with Gasteiger partial charge in [0.25, 0.3) is 0 Å². The molecule has 1 N–H and O–H groups in total. The van der Waals surface area contributed by atoms with Crippen molar-refractivity contribution >= 4 is 27.4 Å². The highest BCUT2D eigenvalue weighted by molar-refractivity contribution is 7.16. The zero-order chi connectivity index (χ0) is 9.80. The fraction of sp³-hybridized carbons (Fsp3) is 0.111. The van der Waals surface area contributed by atoms with E-state index < -0.39 is 0 Å². The van der Waals surface area contributed by atoms with E-state index in [1.807, 2.05) is 11.4 Å². The number of fused-ring (bicyclic) bond motifs is 1. The van der Waals surface area contributed by atoms with Gasteiger partial charge in [-0.05, 0) is 11.4 Å². The Bertz CT molecular complexity index is 474. The molecule has 0 aliphatic carbocycles. The summed E-state index contributed by atoms with van der Waals surface area (Å²) in [5.41, 5.74) is 2.69. The van der Waals surface area contributed by atoms with Gasteiger partial charge < -0.3 is 0 Å². The van der Waals surface area contributed by atoms with Crippen molar-refractivity contribution in [1.29, 1.82) is 0 Å². The average molecular weight is 205 g/mol. The Morgan fingerprint density at radius 1 is 1.57 bits per heavy atom. The van der Waals surface area contributed by atoms with E-state index >= 15 is 0 Å². The highest BCUT2D eigenvalue weighted by Gasteiger charge is 2.03. The zero-order valence-corrected chi connectivity index (χ0v) is 8.04. The number of rotatable bonds is 3. The van der Waals surface area contributed by atoms with Crippen LogP contribution in [0.25, 0.3) is 10.2 Å². The number of anilines is 1. The molecular formula is C9H7N3OS. The molecule has 2 aromatic heterocycles. The van der Waals surface area contributed by atoms with Gasteiger partial charge in [-0.15, -0.1) is 17.8 Å². The molecular weight excluding hydrogens is 198 g/mol. The van der Waals surface area contributed by atoms with Crippen molar-refractivity contribution in [3.63, 3.8) is 0 Å². The van der Waals surface area contributed by atoms with Crippen molar-refractivity contribution in [3.8, 4) is 12.3 Å². The molecule has 2 heterocycles. The summed E-state index contributed by atoms with van der Waals surface area (Å²) in [6.07, 6.45) is 6.53. The van der Waals surface area contributed by atoms with Crippen molar-refractivity contribution in [1.82, 2.24) is 9.97 Å². The maximum absolute atomic E-state index is 5.04. The largest absolute Gasteiger partial charge is 0.262 e. The van der Waals surface area contributed by atoms with Gasteiger partial charge in [0.05, 0.1) is 5.39 Å². The topological polar surface area (TPSA) is 47.0 Å². The third kappa shape index (κ3) is 1.66. The maximum Gasteiger partial charge on any atom is 0.161 e. The molecule has 0 spiro atoms. The van der Waals surface area contributed by atoms with Crippen LogP contribution in [0.1, 0.15) is 0 Å². The van der Waals surface area contributed by atoms with Gasteiger partial charge in [-0.1, -0.05) is 5.92 Å². The van der Waals surface area contributed by atoms with E-state index in [9.17, 15) is 0 Å². The molecule has 0 fully saturated rings. The Morgan fingerprint density at radius 3 is 3.36 bits per heavy atom. The highest BCUT2D eigenvalue weighted by Crippen LogP contribution is 2.23. The lowest BCUT2D eigenvalue weighted by molar-refractivity contribution is 0.233. The normalized spacial score (nSPS) is 9.93. The van der Waals surface area contributed by atoms with Gasteiger partial charge in [0, 0.05) is 0 Å². The van der Waals surface area contributed by atoms with E-state index in [1.165, 1.54) is 6.33 Å². The number of nitrogens with one attached hydrogen (secondary N) is 1. The first-order chi connectivity index (χ1) is 6.92. The van der Waals surface area contributed by atoms with Crippen LogP contribution in [-0.4, -0.2) is 16.6 Å². The summed E-state index contributed by atoms with van der Waals surface area (Å²) in [6.45, 7) is 0.204. The van der Waals surface area contributed by atoms with Crippen molar-refractivity contribution in [2.24, 2.45) is 0 Å². The third-order valence-corrected chi connectivity index (χ3v) is 2.41. The molecule has 0 radical (unpaired) electrons. The summed E-state index contributed by atoms with van der Waals surface area (Å²) in [6, 6.07) is 1.93. The molecule has 4 nitrogen and oxygen atoms in total. The summed E-state index contributed by atoms with van der Waals surface area (Å²) in [4.78, 5) is 14.0. The van der Waals surface area contributed by atoms with Gasteiger partial charge in [0.1, 0.15) is 17.8 Å². The molecule has 0 aliphatic heterocycles.